The molecule has 1 heterocycles. The number of phenols is 2. The monoisotopic (exact) mass is 504 g/mol. The van der Waals surface area contributed by atoms with Crippen LogP contribution in [0.5, 0.6) is 11.5 Å². The number of nitrogens with zero attached hydrogens (tertiary/aromatic N) is 1. The highest BCUT2D eigenvalue weighted by molar-refractivity contribution is 7.90. The van der Waals surface area contributed by atoms with Gasteiger partial charge in [0.25, 0.3) is 10.0 Å². The van der Waals surface area contributed by atoms with Crippen molar-refractivity contribution in [2.24, 2.45) is 0 Å². The number of sulfonamides is 1. The highest BCUT2D eigenvalue weighted by atomic mass is 32.2. The zero-order valence-electron chi connectivity index (χ0n) is 20.9. The van der Waals surface area contributed by atoms with E-state index in [1.54, 1.807) is 0 Å². The molecule has 0 bridgehead atoms. The summed E-state index contributed by atoms with van der Waals surface area (Å²) in [6.07, 6.45) is 10.9. The van der Waals surface area contributed by atoms with Crippen LogP contribution in [0.2, 0.25) is 0 Å². The van der Waals surface area contributed by atoms with Gasteiger partial charge in [0.2, 0.25) is 11.8 Å². The second kappa shape index (κ2) is 13.1. The van der Waals surface area contributed by atoms with Crippen molar-refractivity contribution in [3.63, 3.8) is 0 Å². The lowest BCUT2D eigenvalue weighted by Crippen LogP contribution is -2.32. The molecule has 0 atom stereocenters. The quantitative estimate of drug-likeness (QED) is 0.255. The molecule has 0 saturated carbocycles. The highest BCUT2D eigenvalue weighted by Gasteiger charge is 2.29. The lowest BCUT2D eigenvalue weighted by atomic mass is 10.00. The molecule has 1 amide bonds. The Morgan fingerprint density at radius 2 is 1.91 bits per heavy atom. The van der Waals surface area contributed by atoms with Crippen LogP contribution < -0.4 is 4.72 Å². The molecule has 35 heavy (non-hydrogen) atoms. The fourth-order valence-electron chi connectivity index (χ4n) is 3.66. The molecule has 1 aromatic heterocycles. The topological polar surface area (TPSA) is 130 Å². The van der Waals surface area contributed by atoms with Crippen LogP contribution in [0.1, 0.15) is 76.8 Å². The van der Waals surface area contributed by atoms with E-state index >= 15 is 0 Å². The minimum absolute atomic E-state index is 0.0743. The van der Waals surface area contributed by atoms with Crippen molar-refractivity contribution < 1.29 is 27.8 Å². The molecule has 2 rings (SSSR count). The van der Waals surface area contributed by atoms with Crippen molar-refractivity contribution in [3.05, 3.63) is 58.8 Å². The number of aromatic hydroxyl groups is 2. The number of amides is 1. The molecule has 0 aliphatic heterocycles. The van der Waals surface area contributed by atoms with Gasteiger partial charge in [0, 0.05) is 5.56 Å². The first kappa shape index (κ1) is 28.2. The van der Waals surface area contributed by atoms with Gasteiger partial charge < -0.3 is 14.6 Å². The maximum absolute atomic E-state index is 13.2. The van der Waals surface area contributed by atoms with Gasteiger partial charge in [-0.05, 0) is 64.5 Å². The van der Waals surface area contributed by atoms with Gasteiger partial charge in [0.05, 0.1) is 6.20 Å². The molecule has 192 valence electrons. The molecular formula is C26H36N2O6S. The highest BCUT2D eigenvalue weighted by Crippen LogP contribution is 2.38. The molecule has 0 aliphatic carbocycles. The number of nitrogens with one attached hydrogen (secondary N) is 1. The predicted octanol–water partition coefficient (Wildman–Crippen LogP) is 5.10. The largest absolute Gasteiger partial charge is 0.508 e. The Bertz CT molecular complexity index is 1160. The molecule has 0 aliphatic rings. The normalized spacial score (nSPS) is 11.9. The van der Waals surface area contributed by atoms with E-state index in [-0.39, 0.29) is 40.5 Å². The van der Waals surface area contributed by atoms with Gasteiger partial charge >= 0.3 is 0 Å². The van der Waals surface area contributed by atoms with E-state index in [1.807, 2.05) is 38.5 Å². The van der Waals surface area contributed by atoms with Crippen LogP contribution in [-0.2, 0) is 34.1 Å². The lowest BCUT2D eigenvalue weighted by Gasteiger charge is -2.17. The Morgan fingerprint density at radius 1 is 1.17 bits per heavy atom. The SMILES string of the molecule is CCCCCc1cc(O)c(C/C=C(\C)CCC=C(C)C)c(O)c1S(=O)(=O)NC(=O)Cc1ncco1. The predicted molar refractivity (Wildman–Crippen MR) is 135 cm³/mol. The Kier molecular flexibility index (Phi) is 10.6. The average molecular weight is 505 g/mol. The zero-order valence-corrected chi connectivity index (χ0v) is 21.7. The van der Waals surface area contributed by atoms with Crippen LogP contribution >= 0.6 is 0 Å². The first-order valence-corrected chi connectivity index (χ1v) is 13.3. The summed E-state index contributed by atoms with van der Waals surface area (Å²) in [6.45, 7) is 8.03. The van der Waals surface area contributed by atoms with Crippen molar-refractivity contribution in [2.45, 2.75) is 84.0 Å². The smallest absolute Gasteiger partial charge is 0.268 e. The van der Waals surface area contributed by atoms with Crippen molar-refractivity contribution in [3.8, 4) is 11.5 Å². The van der Waals surface area contributed by atoms with E-state index < -0.39 is 21.7 Å². The Hall–Kier alpha value is -3.07. The van der Waals surface area contributed by atoms with Crippen molar-refractivity contribution >= 4 is 15.9 Å². The minimum Gasteiger partial charge on any atom is -0.508 e. The van der Waals surface area contributed by atoms with E-state index in [4.69, 9.17) is 4.42 Å². The van der Waals surface area contributed by atoms with E-state index in [1.165, 1.54) is 24.1 Å². The summed E-state index contributed by atoms with van der Waals surface area (Å²) in [7, 11) is -4.42. The fraction of sp³-hybridized carbons (Fsp3) is 0.462. The summed E-state index contributed by atoms with van der Waals surface area (Å²) < 4.78 is 33.4. The molecule has 0 saturated heterocycles. The molecule has 8 nitrogen and oxygen atoms in total. The molecule has 3 N–H and O–H groups in total. The van der Waals surface area contributed by atoms with Gasteiger partial charge in [-0.25, -0.2) is 18.1 Å². The lowest BCUT2D eigenvalue weighted by molar-refractivity contribution is -0.119. The number of aryl methyl sites for hydroxylation is 1. The third-order valence-corrected chi connectivity index (χ3v) is 7.01. The molecule has 2 aromatic rings. The van der Waals surface area contributed by atoms with E-state index in [0.717, 1.165) is 31.3 Å². The van der Waals surface area contributed by atoms with Crippen LogP contribution in [0.3, 0.4) is 0 Å². The molecule has 0 radical (unpaired) electrons. The molecule has 9 heteroatoms. The number of aromatic nitrogens is 1. The molecule has 1 aromatic carbocycles. The third-order valence-electron chi connectivity index (χ3n) is 5.52. The number of oxazole rings is 1. The summed E-state index contributed by atoms with van der Waals surface area (Å²) >= 11 is 0. The number of phenolic OH excluding ortho intramolecular Hbond substituents is 2. The molecule has 0 fully saturated rings. The van der Waals surface area contributed by atoms with Crippen LogP contribution in [0, 0.1) is 0 Å². The number of hydrogen-bond donors (Lipinski definition) is 3. The van der Waals surface area contributed by atoms with Gasteiger partial charge in [-0.15, -0.1) is 0 Å². The van der Waals surface area contributed by atoms with Crippen LogP contribution in [0.25, 0.3) is 0 Å². The van der Waals surface area contributed by atoms with Gasteiger partial charge in [0.15, 0.2) is 0 Å². The summed E-state index contributed by atoms with van der Waals surface area (Å²) in [5.74, 6) is -1.48. The van der Waals surface area contributed by atoms with Gasteiger partial charge in [0.1, 0.15) is 29.1 Å². The number of unbranched alkanes of at least 4 members (excludes halogenated alkanes) is 2. The number of carbonyl (C=O) groups is 1. The van der Waals surface area contributed by atoms with Crippen molar-refractivity contribution in [1.82, 2.24) is 9.71 Å². The maximum Gasteiger partial charge on any atom is 0.268 e. The molecular weight excluding hydrogens is 468 g/mol. The average Bonchev–Trinajstić information content (AvgIpc) is 3.25. The van der Waals surface area contributed by atoms with Crippen LogP contribution in [-0.4, -0.2) is 29.5 Å². The third kappa shape index (κ3) is 8.58. The number of rotatable bonds is 13. The van der Waals surface area contributed by atoms with Gasteiger partial charge in [-0.1, -0.05) is 43.1 Å². The zero-order chi connectivity index (χ0) is 26.0. The van der Waals surface area contributed by atoms with Crippen LogP contribution in [0.15, 0.2) is 51.1 Å². The number of benzene rings is 1. The molecule has 0 unspecified atom stereocenters. The number of hydrogen-bond acceptors (Lipinski definition) is 7. The standard InChI is InChI=1S/C26H36N2O6S/c1-5-6-7-11-20-16-22(29)21(13-12-19(4)10-8-9-18(2)3)25(31)26(20)35(32,33)28-23(30)17-24-27-14-15-34-24/h9,12,14-16,29,31H,5-8,10-11,13,17H2,1-4H3,(H,28,30)/b19-12+. The van der Waals surface area contributed by atoms with Gasteiger partial charge in [-0.3, -0.25) is 4.79 Å². The first-order valence-electron chi connectivity index (χ1n) is 11.8. The van der Waals surface area contributed by atoms with Crippen LogP contribution in [0.4, 0.5) is 0 Å². The second-order valence-corrected chi connectivity index (χ2v) is 10.5. The van der Waals surface area contributed by atoms with E-state index in [0.29, 0.717) is 12.8 Å². The first-order chi connectivity index (χ1) is 16.5. The summed E-state index contributed by atoms with van der Waals surface area (Å²) in [5, 5.41) is 21.6. The Balaban J connectivity index is 2.38. The summed E-state index contributed by atoms with van der Waals surface area (Å²) in [4.78, 5) is 15.8. The van der Waals surface area contributed by atoms with Gasteiger partial charge in [-0.2, -0.15) is 0 Å². The van der Waals surface area contributed by atoms with E-state index in [9.17, 15) is 23.4 Å². The van der Waals surface area contributed by atoms with Crippen molar-refractivity contribution in [2.75, 3.05) is 0 Å². The van der Waals surface area contributed by atoms with E-state index in [2.05, 4.69) is 11.1 Å². The maximum atomic E-state index is 13.2. The Labute approximate surface area is 207 Å². The second-order valence-electron chi connectivity index (χ2n) is 8.87. The Morgan fingerprint density at radius 3 is 2.54 bits per heavy atom. The minimum atomic E-state index is -4.42. The van der Waals surface area contributed by atoms with Crippen molar-refractivity contribution in [1.29, 1.82) is 0 Å². The number of carbonyl (C=O) groups excluding carboxylic acids is 1. The molecule has 0 spiro atoms. The fourth-order valence-corrected chi connectivity index (χ4v) is 5.02. The summed E-state index contributed by atoms with van der Waals surface area (Å²) in [6, 6.07) is 1.38. The summed E-state index contributed by atoms with van der Waals surface area (Å²) in [5.41, 5.74) is 2.65. The number of allylic oxidation sites excluding steroid dienone is 4.